The van der Waals surface area contributed by atoms with Crippen LogP contribution >= 0.6 is 23.2 Å². The van der Waals surface area contributed by atoms with Crippen LogP contribution in [0.3, 0.4) is 0 Å². The first-order chi connectivity index (χ1) is 15.8. The van der Waals surface area contributed by atoms with Crippen LogP contribution in [0.4, 0.5) is 5.69 Å². The van der Waals surface area contributed by atoms with E-state index >= 15 is 0 Å². The molecule has 170 valence electrons. The van der Waals surface area contributed by atoms with Gasteiger partial charge in [-0.05, 0) is 42.8 Å². The van der Waals surface area contributed by atoms with E-state index in [2.05, 4.69) is 0 Å². The second-order valence-electron chi connectivity index (χ2n) is 7.31. The number of hydrogen-bond donors (Lipinski definition) is 1. The zero-order chi connectivity index (χ0) is 23.9. The molecule has 1 saturated heterocycles. The maximum atomic E-state index is 13.2. The van der Waals surface area contributed by atoms with E-state index in [0.29, 0.717) is 11.4 Å². The molecular weight excluding hydrogens is 469 g/mol. The molecule has 9 heteroatoms. The second kappa shape index (κ2) is 8.84. The Kier molecular flexibility index (Phi) is 6.10. The summed E-state index contributed by atoms with van der Waals surface area (Å²) < 4.78 is 16.1. The molecule has 0 spiro atoms. The number of carbonyl (C=O) groups is 2. The molecule has 1 amide bonds. The van der Waals surface area contributed by atoms with Gasteiger partial charge in [-0.2, -0.15) is 0 Å². The molecule has 2 aromatic carbocycles. The van der Waals surface area contributed by atoms with Gasteiger partial charge in [-0.1, -0.05) is 35.3 Å². The number of benzene rings is 2. The van der Waals surface area contributed by atoms with Gasteiger partial charge < -0.3 is 19.0 Å². The standard InChI is InChI=1S/C24H19Cl2NO6/c1-12-6-4-7-13(10-12)27-19(16-8-5-9-33-16)17(21(29)24(27)30)20(28)14-11-15(25)23(32-3)18(26)22(14)31-2/h4-11,19,28H,1-3H3/b20-17-. The van der Waals surface area contributed by atoms with Gasteiger partial charge in [0.2, 0.25) is 0 Å². The van der Waals surface area contributed by atoms with Crippen LogP contribution in [0.15, 0.2) is 58.7 Å². The minimum absolute atomic E-state index is 0.0107. The fourth-order valence-corrected chi connectivity index (χ4v) is 4.57. The number of ketones is 1. The van der Waals surface area contributed by atoms with Gasteiger partial charge >= 0.3 is 0 Å². The van der Waals surface area contributed by atoms with Crippen molar-refractivity contribution in [1.82, 2.24) is 0 Å². The lowest BCUT2D eigenvalue weighted by Crippen LogP contribution is -2.29. The Morgan fingerprint density at radius 1 is 1.06 bits per heavy atom. The number of anilines is 1. The Morgan fingerprint density at radius 2 is 1.79 bits per heavy atom. The third-order valence-electron chi connectivity index (χ3n) is 5.33. The largest absolute Gasteiger partial charge is 0.507 e. The molecule has 1 unspecified atom stereocenters. The summed E-state index contributed by atoms with van der Waals surface area (Å²) in [5, 5.41) is 11.4. The molecule has 2 heterocycles. The van der Waals surface area contributed by atoms with E-state index in [1.807, 2.05) is 13.0 Å². The van der Waals surface area contributed by atoms with Crippen molar-refractivity contribution < 1.29 is 28.6 Å². The number of nitrogens with zero attached hydrogens (tertiary/aromatic N) is 1. The number of hydrogen-bond acceptors (Lipinski definition) is 6. The predicted octanol–water partition coefficient (Wildman–Crippen LogP) is 5.54. The number of methoxy groups -OCH3 is 2. The zero-order valence-electron chi connectivity index (χ0n) is 17.9. The molecule has 7 nitrogen and oxygen atoms in total. The minimum atomic E-state index is -1.02. The minimum Gasteiger partial charge on any atom is -0.507 e. The zero-order valence-corrected chi connectivity index (χ0v) is 19.4. The topological polar surface area (TPSA) is 89.2 Å². The van der Waals surface area contributed by atoms with Crippen LogP contribution in [0.5, 0.6) is 11.5 Å². The molecule has 0 bridgehead atoms. The number of furan rings is 1. The number of ether oxygens (including phenoxy) is 2. The van der Waals surface area contributed by atoms with E-state index in [4.69, 9.17) is 37.1 Å². The predicted molar refractivity (Wildman–Crippen MR) is 124 cm³/mol. The van der Waals surface area contributed by atoms with Crippen molar-refractivity contribution in [2.45, 2.75) is 13.0 Å². The molecule has 1 fully saturated rings. The summed E-state index contributed by atoms with van der Waals surface area (Å²) >= 11 is 12.6. The van der Waals surface area contributed by atoms with Crippen molar-refractivity contribution in [3.05, 3.63) is 81.2 Å². The van der Waals surface area contributed by atoms with Crippen molar-refractivity contribution in [2.24, 2.45) is 0 Å². The summed E-state index contributed by atoms with van der Waals surface area (Å²) in [7, 11) is 2.73. The average molecular weight is 488 g/mol. The number of carbonyl (C=O) groups excluding carboxylic acids is 2. The summed E-state index contributed by atoms with van der Waals surface area (Å²) in [5.41, 5.74) is 1.22. The van der Waals surface area contributed by atoms with Crippen LogP contribution in [0.1, 0.15) is 22.9 Å². The number of Topliss-reactive ketones (excluding diaryl/α,β-unsaturated/α-hetero) is 1. The van der Waals surface area contributed by atoms with Crippen LogP contribution < -0.4 is 14.4 Å². The van der Waals surface area contributed by atoms with E-state index in [-0.39, 0.29) is 32.7 Å². The first-order valence-corrected chi connectivity index (χ1v) is 10.6. The van der Waals surface area contributed by atoms with Crippen LogP contribution in [0.25, 0.3) is 5.76 Å². The van der Waals surface area contributed by atoms with E-state index in [9.17, 15) is 14.7 Å². The van der Waals surface area contributed by atoms with E-state index in [1.54, 1.807) is 30.3 Å². The van der Waals surface area contributed by atoms with Gasteiger partial charge in [-0.25, -0.2) is 0 Å². The number of aryl methyl sites for hydroxylation is 1. The summed E-state index contributed by atoms with van der Waals surface area (Å²) in [6.07, 6.45) is 1.42. The smallest absolute Gasteiger partial charge is 0.300 e. The molecule has 0 saturated carbocycles. The Bertz CT molecular complexity index is 1280. The van der Waals surface area contributed by atoms with Gasteiger partial charge in [0.25, 0.3) is 11.7 Å². The molecule has 1 atom stereocenters. The third-order valence-corrected chi connectivity index (χ3v) is 5.96. The Balaban J connectivity index is 1.99. The molecule has 33 heavy (non-hydrogen) atoms. The fraction of sp³-hybridized carbons (Fsp3) is 0.167. The van der Waals surface area contributed by atoms with Crippen LogP contribution in [-0.2, 0) is 9.59 Å². The fourth-order valence-electron chi connectivity index (χ4n) is 3.88. The quantitative estimate of drug-likeness (QED) is 0.288. The normalized spacial score (nSPS) is 17.5. The van der Waals surface area contributed by atoms with Crippen LogP contribution in [0, 0.1) is 6.92 Å². The van der Waals surface area contributed by atoms with E-state index < -0.39 is 23.5 Å². The molecular formula is C24H19Cl2NO6. The molecule has 0 radical (unpaired) electrons. The highest BCUT2D eigenvalue weighted by atomic mass is 35.5. The van der Waals surface area contributed by atoms with Crippen molar-refractivity contribution in [3.8, 4) is 11.5 Å². The molecule has 0 aliphatic carbocycles. The molecule has 1 aliphatic rings. The highest BCUT2D eigenvalue weighted by molar-refractivity contribution is 6.51. The summed E-state index contributed by atoms with van der Waals surface area (Å²) in [4.78, 5) is 27.6. The van der Waals surface area contributed by atoms with Crippen LogP contribution in [0.2, 0.25) is 10.0 Å². The SMILES string of the molecule is COc1c(Cl)cc(/C(O)=C2/C(=O)C(=O)N(c3cccc(C)c3)C2c2ccco2)c(OC)c1Cl. The van der Waals surface area contributed by atoms with Crippen molar-refractivity contribution in [2.75, 3.05) is 19.1 Å². The van der Waals surface area contributed by atoms with Gasteiger partial charge in [0.15, 0.2) is 11.5 Å². The molecule has 1 aromatic heterocycles. The number of aliphatic hydroxyl groups excluding tert-OH is 1. The van der Waals surface area contributed by atoms with E-state index in [0.717, 1.165) is 5.56 Å². The number of rotatable bonds is 5. The monoisotopic (exact) mass is 487 g/mol. The van der Waals surface area contributed by atoms with Crippen molar-refractivity contribution in [1.29, 1.82) is 0 Å². The first kappa shape index (κ1) is 22.8. The Hall–Kier alpha value is -3.42. The molecule has 1 N–H and O–H groups in total. The maximum absolute atomic E-state index is 13.2. The van der Waals surface area contributed by atoms with Gasteiger partial charge in [0.1, 0.15) is 22.6 Å². The molecule has 1 aliphatic heterocycles. The summed E-state index contributed by atoms with van der Waals surface area (Å²) in [6, 6.07) is 10.7. The van der Waals surface area contributed by atoms with Gasteiger partial charge in [-0.15, -0.1) is 0 Å². The number of aliphatic hydroxyl groups is 1. The van der Waals surface area contributed by atoms with Gasteiger partial charge in [-0.3, -0.25) is 14.5 Å². The molecule has 3 aromatic rings. The first-order valence-electron chi connectivity index (χ1n) is 9.81. The Labute approximate surface area is 199 Å². The number of amides is 1. The lowest BCUT2D eigenvalue weighted by molar-refractivity contribution is -0.132. The average Bonchev–Trinajstić information content (AvgIpc) is 3.40. The maximum Gasteiger partial charge on any atom is 0.300 e. The lowest BCUT2D eigenvalue weighted by Gasteiger charge is -2.24. The summed E-state index contributed by atoms with van der Waals surface area (Å²) in [6.45, 7) is 1.87. The van der Waals surface area contributed by atoms with Gasteiger partial charge in [0, 0.05) is 5.69 Å². The van der Waals surface area contributed by atoms with Crippen LogP contribution in [-0.4, -0.2) is 31.0 Å². The lowest BCUT2D eigenvalue weighted by atomic mass is 9.98. The van der Waals surface area contributed by atoms with E-state index in [1.165, 1.54) is 31.4 Å². The Morgan fingerprint density at radius 3 is 2.39 bits per heavy atom. The highest BCUT2D eigenvalue weighted by Crippen LogP contribution is 2.48. The summed E-state index contributed by atoms with van der Waals surface area (Å²) in [5.74, 6) is -1.73. The second-order valence-corrected chi connectivity index (χ2v) is 8.10. The number of halogens is 2. The molecule has 4 rings (SSSR count). The highest BCUT2D eigenvalue weighted by Gasteiger charge is 2.48. The van der Waals surface area contributed by atoms with Crippen molar-refractivity contribution in [3.63, 3.8) is 0 Å². The van der Waals surface area contributed by atoms with Gasteiger partial charge in [0.05, 0.1) is 36.6 Å². The van der Waals surface area contributed by atoms with Crippen molar-refractivity contribution >= 4 is 46.3 Å². The third kappa shape index (κ3) is 3.73.